The van der Waals surface area contributed by atoms with Gasteiger partial charge in [-0.15, -0.1) is 0 Å². The zero-order valence-electron chi connectivity index (χ0n) is 16.8. The molecule has 0 unspecified atom stereocenters. The van der Waals surface area contributed by atoms with Crippen molar-refractivity contribution in [2.75, 3.05) is 20.3 Å². The van der Waals surface area contributed by atoms with Gasteiger partial charge in [0.25, 0.3) is 0 Å². The van der Waals surface area contributed by atoms with E-state index in [-0.39, 0.29) is 5.82 Å². The van der Waals surface area contributed by atoms with E-state index in [1.54, 1.807) is 13.2 Å². The first-order chi connectivity index (χ1) is 13.7. The minimum atomic E-state index is -0.144. The Labute approximate surface area is 167 Å². The molecular weight excluding hydrogens is 351 g/mol. The van der Waals surface area contributed by atoms with Gasteiger partial charge in [-0.3, -0.25) is 4.90 Å². The van der Waals surface area contributed by atoms with Crippen molar-refractivity contribution in [3.05, 3.63) is 95.1 Å². The molecule has 0 aliphatic heterocycles. The van der Waals surface area contributed by atoms with Crippen LogP contribution in [0.25, 0.3) is 0 Å². The monoisotopic (exact) mass is 380 g/mol. The van der Waals surface area contributed by atoms with Gasteiger partial charge < -0.3 is 9.30 Å². The number of rotatable bonds is 10. The van der Waals surface area contributed by atoms with Gasteiger partial charge in [0.1, 0.15) is 5.82 Å². The van der Waals surface area contributed by atoms with Crippen LogP contribution in [0.2, 0.25) is 0 Å². The predicted molar refractivity (Wildman–Crippen MR) is 112 cm³/mol. The fraction of sp³-hybridized carbons (Fsp3) is 0.333. The molecule has 2 aromatic carbocycles. The Hall–Kier alpha value is -2.43. The Morgan fingerprint density at radius 3 is 2.43 bits per heavy atom. The average molecular weight is 381 g/mol. The highest BCUT2D eigenvalue weighted by molar-refractivity contribution is 5.26. The fourth-order valence-electron chi connectivity index (χ4n) is 3.46. The van der Waals surface area contributed by atoms with Crippen LogP contribution in [0.5, 0.6) is 0 Å². The van der Waals surface area contributed by atoms with Gasteiger partial charge >= 0.3 is 0 Å². The minimum absolute atomic E-state index is 0.144. The second kappa shape index (κ2) is 10.2. The number of aryl methyl sites for hydroxylation is 1. The molecule has 148 valence electrons. The van der Waals surface area contributed by atoms with Crippen LogP contribution in [0, 0.1) is 12.7 Å². The van der Waals surface area contributed by atoms with Crippen LogP contribution >= 0.6 is 0 Å². The number of benzene rings is 2. The van der Waals surface area contributed by atoms with Gasteiger partial charge in [0, 0.05) is 57.3 Å². The van der Waals surface area contributed by atoms with Crippen molar-refractivity contribution >= 4 is 0 Å². The summed E-state index contributed by atoms with van der Waals surface area (Å²) < 4.78 is 21.7. The van der Waals surface area contributed by atoms with E-state index in [1.165, 1.54) is 22.9 Å². The highest BCUT2D eigenvalue weighted by atomic mass is 19.1. The summed E-state index contributed by atoms with van der Waals surface area (Å²) in [6.07, 6.45) is 3.04. The average Bonchev–Trinajstić information content (AvgIpc) is 3.12. The molecule has 0 saturated carbocycles. The minimum Gasteiger partial charge on any atom is -0.385 e. The van der Waals surface area contributed by atoms with Crippen LogP contribution < -0.4 is 0 Å². The molecule has 0 radical (unpaired) electrons. The highest BCUT2D eigenvalue weighted by Gasteiger charge is 2.12. The number of halogens is 1. The number of ether oxygens (including phenoxy) is 1. The summed E-state index contributed by atoms with van der Waals surface area (Å²) in [6, 6.07) is 19.8. The van der Waals surface area contributed by atoms with Gasteiger partial charge in [0.2, 0.25) is 0 Å². The molecule has 0 aliphatic rings. The topological polar surface area (TPSA) is 17.4 Å². The van der Waals surface area contributed by atoms with Crippen LogP contribution in [-0.4, -0.2) is 29.7 Å². The van der Waals surface area contributed by atoms with Gasteiger partial charge in [-0.1, -0.05) is 42.5 Å². The third-order valence-corrected chi connectivity index (χ3v) is 5.09. The van der Waals surface area contributed by atoms with Gasteiger partial charge in [-0.2, -0.15) is 0 Å². The maximum atomic E-state index is 14.2. The van der Waals surface area contributed by atoms with E-state index >= 15 is 0 Å². The smallest absolute Gasteiger partial charge is 0.127 e. The Morgan fingerprint density at radius 2 is 1.68 bits per heavy atom. The van der Waals surface area contributed by atoms with Crippen molar-refractivity contribution in [2.24, 2.45) is 0 Å². The quantitative estimate of drug-likeness (QED) is 0.459. The van der Waals surface area contributed by atoms with Crippen molar-refractivity contribution in [3.8, 4) is 0 Å². The molecule has 0 amide bonds. The van der Waals surface area contributed by atoms with Crippen molar-refractivity contribution in [3.63, 3.8) is 0 Å². The zero-order valence-corrected chi connectivity index (χ0v) is 16.8. The molecule has 1 aromatic heterocycles. The molecule has 0 atom stereocenters. The second-order valence-corrected chi connectivity index (χ2v) is 7.20. The first kappa shape index (κ1) is 20.3. The van der Waals surface area contributed by atoms with Crippen molar-refractivity contribution in [2.45, 2.75) is 33.0 Å². The third-order valence-electron chi connectivity index (χ3n) is 5.09. The van der Waals surface area contributed by atoms with Crippen LogP contribution in [0.4, 0.5) is 4.39 Å². The Balaban J connectivity index is 1.74. The maximum absolute atomic E-state index is 14.2. The Kier molecular flexibility index (Phi) is 7.40. The Morgan fingerprint density at radius 1 is 0.929 bits per heavy atom. The van der Waals surface area contributed by atoms with E-state index in [1.807, 2.05) is 12.1 Å². The lowest BCUT2D eigenvalue weighted by atomic mass is 10.1. The van der Waals surface area contributed by atoms with E-state index in [2.05, 4.69) is 59.0 Å². The summed E-state index contributed by atoms with van der Waals surface area (Å²) in [5, 5.41) is 0. The number of hydrogen-bond donors (Lipinski definition) is 0. The molecular formula is C24H29FN2O. The number of aromatic nitrogens is 1. The lowest BCUT2D eigenvalue weighted by Gasteiger charge is -2.24. The van der Waals surface area contributed by atoms with Gasteiger partial charge in [-0.25, -0.2) is 4.39 Å². The maximum Gasteiger partial charge on any atom is 0.127 e. The normalized spacial score (nSPS) is 11.3. The number of nitrogens with zero attached hydrogens (tertiary/aromatic N) is 2. The number of methoxy groups -OCH3 is 1. The van der Waals surface area contributed by atoms with E-state index in [4.69, 9.17) is 4.74 Å². The molecule has 0 spiro atoms. The first-order valence-corrected chi connectivity index (χ1v) is 9.80. The van der Waals surface area contributed by atoms with Crippen molar-refractivity contribution in [1.29, 1.82) is 0 Å². The second-order valence-electron chi connectivity index (χ2n) is 7.20. The molecule has 1 heterocycles. The largest absolute Gasteiger partial charge is 0.385 e. The van der Waals surface area contributed by atoms with E-state index in [0.29, 0.717) is 13.2 Å². The molecule has 0 N–H and O–H groups in total. The van der Waals surface area contributed by atoms with Gasteiger partial charge in [-0.05, 0) is 42.7 Å². The molecule has 0 fully saturated rings. The van der Waals surface area contributed by atoms with E-state index in [9.17, 15) is 4.39 Å². The molecule has 3 rings (SSSR count). The summed E-state index contributed by atoms with van der Waals surface area (Å²) >= 11 is 0. The number of hydrogen-bond acceptors (Lipinski definition) is 2. The van der Waals surface area contributed by atoms with Crippen molar-refractivity contribution in [1.82, 2.24) is 9.47 Å². The molecule has 3 nitrogen and oxygen atoms in total. The SMILES string of the molecule is COCCCN(Cc1ccccc1F)Cc1cccn1Cc1ccccc1C. The molecule has 0 aliphatic carbocycles. The molecule has 28 heavy (non-hydrogen) atoms. The highest BCUT2D eigenvalue weighted by Crippen LogP contribution is 2.16. The summed E-state index contributed by atoms with van der Waals surface area (Å²) in [5.41, 5.74) is 4.58. The van der Waals surface area contributed by atoms with Crippen molar-refractivity contribution < 1.29 is 9.13 Å². The van der Waals surface area contributed by atoms with Crippen LogP contribution in [0.3, 0.4) is 0 Å². The molecule has 0 saturated heterocycles. The lowest BCUT2D eigenvalue weighted by Crippen LogP contribution is -2.26. The summed E-state index contributed by atoms with van der Waals surface area (Å²) in [7, 11) is 1.72. The van der Waals surface area contributed by atoms with Gasteiger partial charge in [0.15, 0.2) is 0 Å². The summed E-state index contributed by atoms with van der Waals surface area (Å²) in [5.74, 6) is -0.144. The van der Waals surface area contributed by atoms with Crippen LogP contribution in [0.15, 0.2) is 66.9 Å². The van der Waals surface area contributed by atoms with Crippen LogP contribution in [-0.2, 0) is 24.4 Å². The van der Waals surface area contributed by atoms with Crippen LogP contribution in [0.1, 0.15) is 28.8 Å². The molecule has 0 bridgehead atoms. The lowest BCUT2D eigenvalue weighted by molar-refractivity contribution is 0.165. The van der Waals surface area contributed by atoms with Gasteiger partial charge in [0.05, 0.1) is 0 Å². The Bertz CT molecular complexity index is 874. The molecule has 4 heteroatoms. The first-order valence-electron chi connectivity index (χ1n) is 9.80. The fourth-order valence-corrected chi connectivity index (χ4v) is 3.46. The van der Waals surface area contributed by atoms with E-state index < -0.39 is 0 Å². The standard InChI is InChI=1S/C24H29FN2O/c1-20-9-3-4-10-21(20)18-27-15-7-12-23(27)19-26(14-8-16-28-2)17-22-11-5-6-13-24(22)25/h3-7,9-13,15H,8,14,16-19H2,1-2H3. The molecule has 3 aromatic rings. The summed E-state index contributed by atoms with van der Waals surface area (Å²) in [4.78, 5) is 2.29. The van der Waals surface area contributed by atoms with E-state index in [0.717, 1.165) is 31.6 Å². The third kappa shape index (κ3) is 5.54. The predicted octanol–water partition coefficient (Wildman–Crippen LogP) is 5.02. The summed E-state index contributed by atoms with van der Waals surface area (Å²) in [6.45, 7) is 5.92. The zero-order chi connectivity index (χ0) is 19.8.